The maximum absolute atomic E-state index is 12.9. The van der Waals surface area contributed by atoms with Crippen LogP contribution in [0.25, 0.3) is 0 Å². The first-order valence-electron chi connectivity index (χ1n) is 9.27. The molecule has 0 saturated carbocycles. The fourth-order valence-corrected chi connectivity index (χ4v) is 2.54. The minimum Gasteiger partial charge on any atom is -0.490 e. The number of aliphatic imine (C=N–C) groups is 1. The molecule has 0 aliphatic carbocycles. The standard InChI is InChI=1S/C20H26F2N4O3.HI/c1-4-23-20(25-12-14-9-10-24-17(11-14)27-3)26-13-15-7-6-8-16(28-5-2)18(15)29-19(21)22;/h6-11,19H,4-5,12-13H2,1-3H3,(H2,23,25,26);1H. The predicted octanol–water partition coefficient (Wildman–Crippen LogP) is 3.96. The van der Waals surface area contributed by atoms with Gasteiger partial charge in [0.25, 0.3) is 0 Å². The summed E-state index contributed by atoms with van der Waals surface area (Å²) in [5.41, 5.74) is 1.46. The average molecular weight is 536 g/mol. The number of para-hydroxylation sites is 1. The minimum absolute atomic E-state index is 0. The summed E-state index contributed by atoms with van der Waals surface area (Å²) < 4.78 is 40.9. The monoisotopic (exact) mass is 536 g/mol. The zero-order valence-corrected chi connectivity index (χ0v) is 19.5. The number of methoxy groups -OCH3 is 1. The van der Waals surface area contributed by atoms with Crippen molar-refractivity contribution in [3.8, 4) is 17.4 Å². The third kappa shape index (κ3) is 8.17. The molecule has 7 nitrogen and oxygen atoms in total. The molecule has 0 saturated heterocycles. The largest absolute Gasteiger partial charge is 0.490 e. The Hall–Kier alpha value is -2.37. The zero-order chi connectivity index (χ0) is 21.1. The number of benzene rings is 1. The molecule has 0 aliphatic rings. The fourth-order valence-electron chi connectivity index (χ4n) is 2.54. The van der Waals surface area contributed by atoms with Crippen LogP contribution >= 0.6 is 24.0 Å². The Bertz CT molecular complexity index is 809. The molecule has 1 heterocycles. The topological polar surface area (TPSA) is 77.0 Å². The molecule has 0 amide bonds. The van der Waals surface area contributed by atoms with Crippen LogP contribution < -0.4 is 24.8 Å². The van der Waals surface area contributed by atoms with E-state index in [0.717, 1.165) is 5.56 Å². The number of rotatable bonds is 10. The summed E-state index contributed by atoms with van der Waals surface area (Å²) in [6.07, 6.45) is 1.65. The van der Waals surface area contributed by atoms with Crippen molar-refractivity contribution in [2.45, 2.75) is 33.5 Å². The smallest absolute Gasteiger partial charge is 0.387 e. The number of ether oxygens (including phenoxy) is 3. The van der Waals surface area contributed by atoms with Gasteiger partial charge in [0, 0.05) is 30.9 Å². The van der Waals surface area contributed by atoms with E-state index in [2.05, 4.69) is 20.6 Å². The van der Waals surface area contributed by atoms with Gasteiger partial charge in [-0.1, -0.05) is 12.1 Å². The maximum atomic E-state index is 12.9. The highest BCUT2D eigenvalue weighted by molar-refractivity contribution is 14.0. The number of hydrogen-bond donors (Lipinski definition) is 2. The lowest BCUT2D eigenvalue weighted by Crippen LogP contribution is -2.36. The van der Waals surface area contributed by atoms with E-state index < -0.39 is 6.61 Å². The van der Waals surface area contributed by atoms with Gasteiger partial charge in [-0.15, -0.1) is 24.0 Å². The van der Waals surface area contributed by atoms with Gasteiger partial charge >= 0.3 is 6.61 Å². The molecule has 0 unspecified atom stereocenters. The summed E-state index contributed by atoms with van der Waals surface area (Å²) in [7, 11) is 1.55. The van der Waals surface area contributed by atoms with E-state index in [1.54, 1.807) is 44.5 Å². The second-order valence-electron chi connectivity index (χ2n) is 5.81. The second-order valence-corrected chi connectivity index (χ2v) is 5.81. The molecular formula is C20H27F2IN4O3. The van der Waals surface area contributed by atoms with Gasteiger partial charge in [-0.05, 0) is 31.5 Å². The van der Waals surface area contributed by atoms with Crippen molar-refractivity contribution in [2.24, 2.45) is 4.99 Å². The lowest BCUT2D eigenvalue weighted by molar-refractivity contribution is -0.0520. The summed E-state index contributed by atoms with van der Waals surface area (Å²) in [4.78, 5) is 8.58. The van der Waals surface area contributed by atoms with Crippen molar-refractivity contribution in [3.05, 3.63) is 47.7 Å². The SMILES string of the molecule is CCNC(=NCc1ccnc(OC)c1)NCc1cccc(OCC)c1OC(F)F.I. The first-order valence-corrected chi connectivity index (χ1v) is 9.27. The Morgan fingerprint density at radius 2 is 2.00 bits per heavy atom. The number of guanidine groups is 1. The van der Waals surface area contributed by atoms with Gasteiger partial charge < -0.3 is 24.8 Å². The zero-order valence-electron chi connectivity index (χ0n) is 17.2. The van der Waals surface area contributed by atoms with Gasteiger partial charge in [0.1, 0.15) is 0 Å². The van der Waals surface area contributed by atoms with Gasteiger partial charge in [0.2, 0.25) is 5.88 Å². The van der Waals surface area contributed by atoms with E-state index in [1.165, 1.54) is 0 Å². The average Bonchev–Trinajstić information content (AvgIpc) is 2.72. The van der Waals surface area contributed by atoms with Crippen LogP contribution in [-0.2, 0) is 13.1 Å². The second kappa shape index (κ2) is 13.8. The van der Waals surface area contributed by atoms with Crippen LogP contribution in [0.3, 0.4) is 0 Å². The number of nitrogens with zero attached hydrogens (tertiary/aromatic N) is 2. The third-order valence-corrected chi connectivity index (χ3v) is 3.79. The number of nitrogens with one attached hydrogen (secondary N) is 2. The van der Waals surface area contributed by atoms with Crippen molar-refractivity contribution >= 4 is 29.9 Å². The molecular weight excluding hydrogens is 509 g/mol. The molecule has 2 aromatic rings. The van der Waals surface area contributed by atoms with Gasteiger partial charge in [0.15, 0.2) is 17.5 Å². The Kier molecular flexibility index (Phi) is 11.8. The minimum atomic E-state index is -2.95. The van der Waals surface area contributed by atoms with Crippen molar-refractivity contribution in [3.63, 3.8) is 0 Å². The van der Waals surface area contributed by atoms with E-state index in [-0.39, 0.29) is 42.0 Å². The predicted molar refractivity (Wildman–Crippen MR) is 122 cm³/mol. The summed E-state index contributed by atoms with van der Waals surface area (Å²) in [5.74, 6) is 1.34. The van der Waals surface area contributed by atoms with Crippen LogP contribution in [0.15, 0.2) is 41.5 Å². The quantitative estimate of drug-likeness (QED) is 0.272. The Morgan fingerprint density at radius 3 is 2.67 bits per heavy atom. The highest BCUT2D eigenvalue weighted by atomic mass is 127. The van der Waals surface area contributed by atoms with Gasteiger partial charge in [-0.25, -0.2) is 9.98 Å². The highest BCUT2D eigenvalue weighted by Crippen LogP contribution is 2.32. The number of pyridine rings is 1. The molecule has 0 aliphatic heterocycles. The first kappa shape index (κ1) is 25.7. The van der Waals surface area contributed by atoms with Crippen molar-refractivity contribution < 1.29 is 23.0 Å². The van der Waals surface area contributed by atoms with Crippen LogP contribution in [0.5, 0.6) is 17.4 Å². The fraction of sp³-hybridized carbons (Fsp3) is 0.400. The molecule has 2 rings (SSSR count). The Balaban J connectivity index is 0.00000450. The molecule has 10 heteroatoms. The van der Waals surface area contributed by atoms with Crippen LogP contribution in [0.1, 0.15) is 25.0 Å². The van der Waals surface area contributed by atoms with Gasteiger partial charge in [-0.3, -0.25) is 0 Å². The Morgan fingerprint density at radius 1 is 1.20 bits per heavy atom. The molecule has 0 fully saturated rings. The third-order valence-electron chi connectivity index (χ3n) is 3.79. The summed E-state index contributed by atoms with van der Waals surface area (Å²) >= 11 is 0. The van der Waals surface area contributed by atoms with Crippen LogP contribution in [0.2, 0.25) is 0 Å². The van der Waals surface area contributed by atoms with Crippen molar-refractivity contribution in [2.75, 3.05) is 20.3 Å². The van der Waals surface area contributed by atoms with Gasteiger partial charge in [0.05, 0.1) is 20.3 Å². The molecule has 30 heavy (non-hydrogen) atoms. The van der Waals surface area contributed by atoms with E-state index in [0.29, 0.717) is 37.1 Å². The maximum Gasteiger partial charge on any atom is 0.387 e. The summed E-state index contributed by atoms with van der Waals surface area (Å²) in [6, 6.07) is 8.67. The summed E-state index contributed by atoms with van der Waals surface area (Å²) in [5, 5.41) is 6.25. The molecule has 0 bridgehead atoms. The normalized spacial score (nSPS) is 10.9. The van der Waals surface area contributed by atoms with E-state index in [4.69, 9.17) is 14.2 Å². The van der Waals surface area contributed by atoms with Crippen molar-refractivity contribution in [1.29, 1.82) is 0 Å². The van der Waals surface area contributed by atoms with Crippen molar-refractivity contribution in [1.82, 2.24) is 15.6 Å². The van der Waals surface area contributed by atoms with Crippen LogP contribution in [0.4, 0.5) is 8.78 Å². The number of aromatic nitrogens is 1. The molecule has 0 atom stereocenters. The van der Waals surface area contributed by atoms with Crippen LogP contribution in [0, 0.1) is 0 Å². The summed E-state index contributed by atoms with van der Waals surface area (Å²) in [6.45, 7) is 2.39. The number of halogens is 3. The molecule has 0 spiro atoms. The Labute approximate surface area is 192 Å². The number of alkyl halides is 2. The van der Waals surface area contributed by atoms with Crippen LogP contribution in [-0.4, -0.2) is 37.8 Å². The molecule has 166 valence electrons. The lowest BCUT2D eigenvalue weighted by atomic mass is 10.2. The number of hydrogen-bond acceptors (Lipinski definition) is 5. The molecule has 0 radical (unpaired) electrons. The molecule has 1 aromatic carbocycles. The molecule has 2 N–H and O–H groups in total. The first-order chi connectivity index (χ1) is 14.1. The van der Waals surface area contributed by atoms with E-state index in [9.17, 15) is 8.78 Å². The highest BCUT2D eigenvalue weighted by Gasteiger charge is 2.16. The van der Waals surface area contributed by atoms with E-state index >= 15 is 0 Å². The van der Waals surface area contributed by atoms with Gasteiger partial charge in [-0.2, -0.15) is 8.78 Å². The lowest BCUT2D eigenvalue weighted by Gasteiger charge is -2.17. The molecule has 1 aromatic heterocycles. The van der Waals surface area contributed by atoms with E-state index in [1.807, 2.05) is 13.0 Å².